The number of guanidine groups is 1. The molecule has 0 aliphatic rings. The molecule has 134 valence electrons. The average molecular weight is 345 g/mol. The molecule has 0 saturated carbocycles. The van der Waals surface area contributed by atoms with Crippen LogP contribution in [0.4, 0.5) is 10.1 Å². The number of hydrogen-bond acceptors (Lipinski definition) is 3. The molecule has 2 N–H and O–H groups in total. The largest absolute Gasteiger partial charge is 0.493 e. The Labute approximate surface area is 147 Å². The first-order valence-electron chi connectivity index (χ1n) is 8.09. The van der Waals surface area contributed by atoms with Gasteiger partial charge in [-0.15, -0.1) is 0 Å². The Morgan fingerprint density at radius 1 is 1.08 bits per heavy atom. The highest BCUT2D eigenvalue weighted by Crippen LogP contribution is 2.29. The summed E-state index contributed by atoms with van der Waals surface area (Å²) in [5.41, 5.74) is 2.39. The third kappa shape index (κ3) is 5.11. The monoisotopic (exact) mass is 345 g/mol. The molecule has 5 nitrogen and oxygen atoms in total. The van der Waals surface area contributed by atoms with Gasteiger partial charge in [0.05, 0.1) is 20.8 Å². The second-order valence-corrected chi connectivity index (χ2v) is 5.47. The summed E-state index contributed by atoms with van der Waals surface area (Å²) in [5.74, 6) is 1.73. The van der Waals surface area contributed by atoms with Gasteiger partial charge in [-0.3, -0.25) is 0 Å². The van der Waals surface area contributed by atoms with Crippen molar-refractivity contribution in [1.29, 1.82) is 0 Å². The molecule has 2 aromatic carbocycles. The van der Waals surface area contributed by atoms with Crippen LogP contribution in [0.1, 0.15) is 18.1 Å². The summed E-state index contributed by atoms with van der Waals surface area (Å²) in [6.45, 7) is 4.91. The summed E-state index contributed by atoms with van der Waals surface area (Å²) in [6, 6.07) is 10.6. The minimum atomic E-state index is -0.205. The van der Waals surface area contributed by atoms with Gasteiger partial charge in [-0.2, -0.15) is 0 Å². The Hall–Kier alpha value is -2.76. The Morgan fingerprint density at radius 2 is 1.84 bits per heavy atom. The van der Waals surface area contributed by atoms with Crippen molar-refractivity contribution in [2.24, 2.45) is 4.99 Å². The molecule has 0 aliphatic carbocycles. The summed E-state index contributed by atoms with van der Waals surface area (Å²) >= 11 is 0. The van der Waals surface area contributed by atoms with E-state index in [2.05, 4.69) is 15.6 Å². The lowest BCUT2D eigenvalue weighted by Crippen LogP contribution is -2.30. The van der Waals surface area contributed by atoms with Crippen LogP contribution in [0.2, 0.25) is 0 Å². The van der Waals surface area contributed by atoms with Crippen molar-refractivity contribution in [3.8, 4) is 11.5 Å². The van der Waals surface area contributed by atoms with Crippen LogP contribution in [0.25, 0.3) is 0 Å². The predicted molar refractivity (Wildman–Crippen MR) is 99.1 cm³/mol. The second-order valence-electron chi connectivity index (χ2n) is 5.47. The van der Waals surface area contributed by atoms with Gasteiger partial charge in [0.25, 0.3) is 0 Å². The minimum absolute atomic E-state index is 0.205. The molecule has 0 amide bonds. The van der Waals surface area contributed by atoms with E-state index in [9.17, 15) is 4.39 Å². The number of nitrogens with one attached hydrogen (secondary N) is 2. The first-order valence-corrected chi connectivity index (χ1v) is 8.09. The van der Waals surface area contributed by atoms with E-state index in [4.69, 9.17) is 9.47 Å². The van der Waals surface area contributed by atoms with Crippen molar-refractivity contribution in [2.45, 2.75) is 20.4 Å². The molecule has 6 heteroatoms. The van der Waals surface area contributed by atoms with Gasteiger partial charge in [-0.05, 0) is 43.2 Å². The van der Waals surface area contributed by atoms with Crippen molar-refractivity contribution in [3.63, 3.8) is 0 Å². The maximum Gasteiger partial charge on any atom is 0.196 e. The summed E-state index contributed by atoms with van der Waals surface area (Å²) in [5, 5.41) is 6.42. The number of hydrogen-bond donors (Lipinski definition) is 2. The van der Waals surface area contributed by atoms with E-state index >= 15 is 0 Å². The molecule has 0 fully saturated rings. The van der Waals surface area contributed by atoms with Crippen molar-refractivity contribution < 1.29 is 13.9 Å². The van der Waals surface area contributed by atoms with Gasteiger partial charge >= 0.3 is 0 Å². The molecule has 2 aromatic rings. The van der Waals surface area contributed by atoms with E-state index in [1.165, 1.54) is 6.07 Å². The molecule has 0 aromatic heterocycles. The molecule has 0 atom stereocenters. The maximum atomic E-state index is 13.4. The van der Waals surface area contributed by atoms with Crippen molar-refractivity contribution >= 4 is 11.6 Å². The molecule has 0 heterocycles. The van der Waals surface area contributed by atoms with E-state index < -0.39 is 0 Å². The summed E-state index contributed by atoms with van der Waals surface area (Å²) in [7, 11) is 3.19. The number of aryl methyl sites for hydroxylation is 1. The van der Waals surface area contributed by atoms with E-state index in [0.717, 1.165) is 17.8 Å². The summed E-state index contributed by atoms with van der Waals surface area (Å²) in [4.78, 5) is 4.55. The predicted octanol–water partition coefficient (Wildman–Crippen LogP) is 3.73. The van der Waals surface area contributed by atoms with Gasteiger partial charge in [-0.25, -0.2) is 9.38 Å². The Kier molecular flexibility index (Phi) is 6.62. The van der Waals surface area contributed by atoms with Crippen molar-refractivity contribution in [1.82, 2.24) is 5.32 Å². The number of halogens is 1. The van der Waals surface area contributed by atoms with Crippen LogP contribution >= 0.6 is 0 Å². The number of nitrogens with zero attached hydrogens (tertiary/aromatic N) is 1. The molecule has 0 unspecified atom stereocenters. The van der Waals surface area contributed by atoms with Gasteiger partial charge in [0.1, 0.15) is 5.82 Å². The Bertz CT molecular complexity index is 747. The summed E-state index contributed by atoms with van der Waals surface area (Å²) < 4.78 is 23.9. The first kappa shape index (κ1) is 18.6. The van der Waals surface area contributed by atoms with Gasteiger partial charge in [0.15, 0.2) is 17.5 Å². The lowest BCUT2D eigenvalue weighted by Gasteiger charge is -2.14. The van der Waals surface area contributed by atoms with Gasteiger partial charge in [-0.1, -0.05) is 12.1 Å². The molecule has 0 bridgehead atoms. The fraction of sp³-hybridized carbons (Fsp3) is 0.316. The zero-order chi connectivity index (χ0) is 18.2. The second kappa shape index (κ2) is 8.92. The molecular weight excluding hydrogens is 321 g/mol. The first-order chi connectivity index (χ1) is 12.1. The highest BCUT2D eigenvalue weighted by molar-refractivity contribution is 5.93. The lowest BCUT2D eigenvalue weighted by molar-refractivity contribution is 0.355. The van der Waals surface area contributed by atoms with Crippen LogP contribution in [0.5, 0.6) is 11.5 Å². The number of rotatable bonds is 6. The fourth-order valence-electron chi connectivity index (χ4n) is 2.33. The van der Waals surface area contributed by atoms with E-state index in [0.29, 0.717) is 29.6 Å². The molecule has 0 saturated heterocycles. The minimum Gasteiger partial charge on any atom is -0.493 e. The third-order valence-corrected chi connectivity index (χ3v) is 3.63. The Balaban J connectivity index is 2.15. The van der Waals surface area contributed by atoms with Gasteiger partial charge < -0.3 is 20.1 Å². The highest BCUT2D eigenvalue weighted by Gasteiger charge is 2.06. The average Bonchev–Trinajstić information content (AvgIpc) is 2.62. The van der Waals surface area contributed by atoms with Crippen LogP contribution in [-0.4, -0.2) is 26.7 Å². The van der Waals surface area contributed by atoms with Gasteiger partial charge in [0.2, 0.25) is 0 Å². The molecule has 0 aliphatic heterocycles. The number of methoxy groups -OCH3 is 2. The zero-order valence-corrected chi connectivity index (χ0v) is 15.0. The van der Waals surface area contributed by atoms with Crippen LogP contribution in [0, 0.1) is 12.7 Å². The standard InChI is InChI=1S/C19H24FN3O2/c1-5-21-19(22-12-14-6-8-16(20)13(2)10-14)23-15-7-9-17(24-3)18(11-15)25-4/h6-11H,5,12H2,1-4H3,(H2,21,22,23). The van der Waals surface area contributed by atoms with Crippen LogP contribution in [0.15, 0.2) is 41.4 Å². The topological polar surface area (TPSA) is 54.9 Å². The zero-order valence-electron chi connectivity index (χ0n) is 15.0. The number of anilines is 1. The smallest absolute Gasteiger partial charge is 0.196 e. The number of aliphatic imine (C=N–C) groups is 1. The van der Waals surface area contributed by atoms with Gasteiger partial charge in [0, 0.05) is 18.3 Å². The van der Waals surface area contributed by atoms with E-state index in [1.807, 2.05) is 25.1 Å². The quantitative estimate of drug-likeness (QED) is 0.619. The van der Waals surface area contributed by atoms with Crippen molar-refractivity contribution in [3.05, 3.63) is 53.3 Å². The van der Waals surface area contributed by atoms with E-state index in [1.54, 1.807) is 33.3 Å². The lowest BCUT2D eigenvalue weighted by atomic mass is 10.1. The maximum absolute atomic E-state index is 13.4. The molecule has 0 radical (unpaired) electrons. The normalized spacial score (nSPS) is 11.2. The number of ether oxygens (including phenoxy) is 2. The third-order valence-electron chi connectivity index (χ3n) is 3.63. The number of benzene rings is 2. The summed E-state index contributed by atoms with van der Waals surface area (Å²) in [6.07, 6.45) is 0. The fourth-order valence-corrected chi connectivity index (χ4v) is 2.33. The molecule has 2 rings (SSSR count). The van der Waals surface area contributed by atoms with Crippen LogP contribution in [0.3, 0.4) is 0 Å². The van der Waals surface area contributed by atoms with Crippen molar-refractivity contribution in [2.75, 3.05) is 26.1 Å². The van der Waals surface area contributed by atoms with Crippen LogP contribution in [-0.2, 0) is 6.54 Å². The highest BCUT2D eigenvalue weighted by atomic mass is 19.1. The molecule has 0 spiro atoms. The van der Waals surface area contributed by atoms with E-state index in [-0.39, 0.29) is 5.82 Å². The van der Waals surface area contributed by atoms with Crippen LogP contribution < -0.4 is 20.1 Å². The molecular formula is C19H24FN3O2. The SMILES string of the molecule is CCNC(=NCc1ccc(F)c(C)c1)Nc1ccc(OC)c(OC)c1. The molecule has 25 heavy (non-hydrogen) atoms. The Morgan fingerprint density at radius 3 is 2.48 bits per heavy atom.